The highest BCUT2D eigenvalue weighted by Crippen LogP contribution is 2.36. The van der Waals surface area contributed by atoms with Gasteiger partial charge in [-0.15, -0.1) is 0 Å². The van der Waals surface area contributed by atoms with Crippen LogP contribution in [0, 0.1) is 5.82 Å². The maximum atomic E-state index is 13.4. The highest BCUT2D eigenvalue weighted by atomic mass is 19.1. The number of anilines is 1. The quantitative estimate of drug-likeness (QED) is 0.744. The van der Waals surface area contributed by atoms with Crippen LogP contribution in [0.25, 0.3) is 11.0 Å². The van der Waals surface area contributed by atoms with Crippen molar-refractivity contribution in [2.45, 2.75) is 38.1 Å². The van der Waals surface area contributed by atoms with Crippen LogP contribution in [0.3, 0.4) is 0 Å². The summed E-state index contributed by atoms with van der Waals surface area (Å²) in [6.45, 7) is 5.06. The summed E-state index contributed by atoms with van der Waals surface area (Å²) in [5, 5.41) is 8.24. The molecule has 1 fully saturated rings. The number of rotatable bonds is 4. The number of ether oxygens (including phenoxy) is 1. The summed E-state index contributed by atoms with van der Waals surface area (Å²) in [5.74, 6) is -0.442. The Bertz CT molecular complexity index is 991. The maximum Gasteiger partial charge on any atom is 0.235 e. The van der Waals surface area contributed by atoms with Crippen molar-refractivity contribution in [2.75, 3.05) is 18.5 Å². The molecule has 2 aromatic heterocycles. The van der Waals surface area contributed by atoms with Gasteiger partial charge < -0.3 is 10.1 Å². The number of nitrogens with one attached hydrogen (secondary N) is 1. The molecule has 1 aromatic carbocycles. The minimum Gasteiger partial charge on any atom is -0.381 e. The molecule has 1 saturated heterocycles. The van der Waals surface area contributed by atoms with E-state index in [9.17, 15) is 9.18 Å². The minimum absolute atomic E-state index is 0.125. The predicted octanol–water partition coefficient (Wildman–Crippen LogP) is 3.84. The number of amides is 1. The van der Waals surface area contributed by atoms with Gasteiger partial charge in [0.1, 0.15) is 5.82 Å². The molecule has 1 N–H and O–H groups in total. The lowest BCUT2D eigenvalue weighted by Crippen LogP contribution is -2.44. The average Bonchev–Trinajstić information content (AvgIpc) is 3.12. The number of benzene rings is 1. The first kappa shape index (κ1) is 18.6. The van der Waals surface area contributed by atoms with Crippen molar-refractivity contribution in [3.05, 3.63) is 54.1 Å². The van der Waals surface area contributed by atoms with Gasteiger partial charge in [0.05, 0.1) is 23.5 Å². The molecule has 28 heavy (non-hydrogen) atoms. The largest absolute Gasteiger partial charge is 0.381 e. The summed E-state index contributed by atoms with van der Waals surface area (Å²) in [4.78, 5) is 17.8. The molecule has 6 nitrogen and oxygen atoms in total. The predicted molar refractivity (Wildman–Crippen MR) is 105 cm³/mol. The van der Waals surface area contributed by atoms with Gasteiger partial charge in [0.2, 0.25) is 5.91 Å². The van der Waals surface area contributed by atoms with Crippen LogP contribution in [0.2, 0.25) is 0 Å². The van der Waals surface area contributed by atoms with Gasteiger partial charge in [0.25, 0.3) is 0 Å². The molecule has 7 heteroatoms. The summed E-state index contributed by atoms with van der Waals surface area (Å²) in [7, 11) is 0. The summed E-state index contributed by atoms with van der Waals surface area (Å²) in [6, 6.07) is 8.25. The van der Waals surface area contributed by atoms with Crippen molar-refractivity contribution in [1.29, 1.82) is 0 Å². The Morgan fingerprint density at radius 3 is 2.61 bits per heavy atom. The molecule has 146 valence electrons. The molecule has 0 radical (unpaired) electrons. The summed E-state index contributed by atoms with van der Waals surface area (Å²) >= 11 is 0. The summed E-state index contributed by atoms with van der Waals surface area (Å²) < 4.78 is 20.7. The molecule has 4 rings (SSSR count). The van der Waals surface area contributed by atoms with Crippen molar-refractivity contribution in [2.24, 2.45) is 0 Å². The molecular formula is C21H23FN4O2. The molecule has 1 amide bonds. The fraction of sp³-hybridized carbons (Fsp3) is 0.381. The highest BCUT2D eigenvalue weighted by Gasteiger charge is 2.41. The van der Waals surface area contributed by atoms with Crippen LogP contribution >= 0.6 is 0 Å². The molecule has 1 aliphatic heterocycles. The van der Waals surface area contributed by atoms with E-state index in [2.05, 4.69) is 15.4 Å². The number of hydrogen-bond acceptors (Lipinski definition) is 4. The van der Waals surface area contributed by atoms with E-state index >= 15 is 0 Å². The molecular weight excluding hydrogens is 359 g/mol. The number of aromatic nitrogens is 3. The molecule has 0 spiro atoms. The number of hydrogen-bond donors (Lipinski definition) is 1. The topological polar surface area (TPSA) is 69.0 Å². The van der Waals surface area contributed by atoms with Gasteiger partial charge in [-0.05, 0) is 50.5 Å². The van der Waals surface area contributed by atoms with E-state index in [-0.39, 0.29) is 17.8 Å². The van der Waals surface area contributed by atoms with Crippen LogP contribution in [-0.2, 0) is 14.9 Å². The van der Waals surface area contributed by atoms with Gasteiger partial charge in [-0.3, -0.25) is 4.79 Å². The highest BCUT2D eigenvalue weighted by molar-refractivity contribution is 6.00. The van der Waals surface area contributed by atoms with Crippen molar-refractivity contribution in [3.8, 4) is 0 Å². The molecule has 1 aliphatic rings. The smallest absolute Gasteiger partial charge is 0.235 e. The second-order valence-electron chi connectivity index (χ2n) is 7.48. The first-order chi connectivity index (χ1) is 13.5. The van der Waals surface area contributed by atoms with Gasteiger partial charge in [0.15, 0.2) is 5.65 Å². The monoisotopic (exact) mass is 382 g/mol. The van der Waals surface area contributed by atoms with Crippen LogP contribution in [0.5, 0.6) is 0 Å². The SMILES string of the molecule is CC(C)n1ncc2cc(NC(=O)C3(c4ccc(F)cc4)CCOCC3)cnc21. The van der Waals surface area contributed by atoms with Gasteiger partial charge in [-0.25, -0.2) is 14.1 Å². The fourth-order valence-corrected chi connectivity index (χ4v) is 3.77. The van der Waals surface area contributed by atoms with Crippen LogP contribution in [-0.4, -0.2) is 33.9 Å². The molecule has 0 unspecified atom stereocenters. The zero-order chi connectivity index (χ0) is 19.7. The molecule has 3 aromatic rings. The number of nitrogens with zero attached hydrogens (tertiary/aromatic N) is 3. The summed E-state index contributed by atoms with van der Waals surface area (Å²) in [5.41, 5.74) is 1.46. The first-order valence-corrected chi connectivity index (χ1v) is 9.48. The Hall–Kier alpha value is -2.80. The van der Waals surface area contributed by atoms with E-state index in [1.165, 1.54) is 12.1 Å². The van der Waals surface area contributed by atoms with E-state index in [1.807, 2.05) is 24.6 Å². The third-order valence-electron chi connectivity index (χ3n) is 5.36. The first-order valence-electron chi connectivity index (χ1n) is 9.48. The van der Waals surface area contributed by atoms with Crippen molar-refractivity contribution >= 4 is 22.6 Å². The van der Waals surface area contributed by atoms with Crippen LogP contribution in [0.4, 0.5) is 10.1 Å². The lowest BCUT2D eigenvalue weighted by molar-refractivity contribution is -0.125. The van der Waals surface area contributed by atoms with Crippen LogP contribution in [0.15, 0.2) is 42.7 Å². The molecule has 3 heterocycles. The van der Waals surface area contributed by atoms with Crippen molar-refractivity contribution in [3.63, 3.8) is 0 Å². The second kappa shape index (κ2) is 7.31. The zero-order valence-corrected chi connectivity index (χ0v) is 16.0. The van der Waals surface area contributed by atoms with Gasteiger partial charge in [-0.2, -0.15) is 5.10 Å². The molecule has 0 atom stereocenters. The zero-order valence-electron chi connectivity index (χ0n) is 16.0. The van der Waals surface area contributed by atoms with E-state index in [0.29, 0.717) is 31.7 Å². The maximum absolute atomic E-state index is 13.4. The van der Waals surface area contributed by atoms with Crippen LogP contribution < -0.4 is 5.32 Å². The Morgan fingerprint density at radius 1 is 1.21 bits per heavy atom. The Morgan fingerprint density at radius 2 is 1.93 bits per heavy atom. The third kappa shape index (κ3) is 3.26. The number of halogens is 1. The van der Waals surface area contributed by atoms with Gasteiger partial charge >= 0.3 is 0 Å². The van der Waals surface area contributed by atoms with Crippen molar-refractivity contribution < 1.29 is 13.9 Å². The van der Waals surface area contributed by atoms with Gasteiger partial charge in [-0.1, -0.05) is 12.1 Å². The lowest BCUT2D eigenvalue weighted by Gasteiger charge is -2.36. The van der Waals surface area contributed by atoms with E-state index < -0.39 is 5.41 Å². The van der Waals surface area contributed by atoms with Gasteiger partial charge in [0, 0.05) is 24.6 Å². The Kier molecular flexibility index (Phi) is 4.85. The van der Waals surface area contributed by atoms with E-state index in [1.54, 1.807) is 24.5 Å². The summed E-state index contributed by atoms with van der Waals surface area (Å²) in [6.07, 6.45) is 4.50. The second-order valence-corrected chi connectivity index (χ2v) is 7.48. The number of fused-ring (bicyclic) bond motifs is 1. The average molecular weight is 382 g/mol. The van der Waals surface area contributed by atoms with Crippen LogP contribution in [0.1, 0.15) is 38.3 Å². The number of pyridine rings is 1. The molecule has 0 bridgehead atoms. The van der Waals surface area contributed by atoms with E-state index in [4.69, 9.17) is 4.74 Å². The molecule has 0 aliphatic carbocycles. The Labute approximate surface area is 162 Å². The standard InChI is InChI=1S/C21H23FN4O2/c1-14(2)26-19-15(12-24-26)11-18(13-23-19)25-20(27)21(7-9-28-10-8-21)16-3-5-17(22)6-4-16/h3-6,11-14H,7-10H2,1-2H3,(H,25,27). The number of carbonyl (C=O) groups is 1. The Balaban J connectivity index is 1.64. The lowest BCUT2D eigenvalue weighted by atomic mass is 9.73. The van der Waals surface area contributed by atoms with E-state index in [0.717, 1.165) is 16.6 Å². The van der Waals surface area contributed by atoms with Crippen molar-refractivity contribution in [1.82, 2.24) is 14.8 Å². The fourth-order valence-electron chi connectivity index (χ4n) is 3.77. The normalized spacial score (nSPS) is 16.4. The molecule has 0 saturated carbocycles. The minimum atomic E-state index is -0.747. The third-order valence-corrected chi connectivity index (χ3v) is 5.36. The number of carbonyl (C=O) groups excluding carboxylic acids is 1.